The van der Waals surface area contributed by atoms with Crippen LogP contribution in [0, 0.1) is 6.92 Å². The van der Waals surface area contributed by atoms with E-state index in [0.29, 0.717) is 17.0 Å². The van der Waals surface area contributed by atoms with E-state index in [-0.39, 0.29) is 0 Å². The number of thiazole rings is 1. The largest absolute Gasteiger partial charge is 0.467 e. The molecule has 2 aromatic heterocycles. The van der Waals surface area contributed by atoms with E-state index < -0.39 is 17.7 Å². The van der Waals surface area contributed by atoms with Gasteiger partial charge in [0, 0.05) is 48.0 Å². The first kappa shape index (κ1) is 29.4. The number of rotatable bonds is 6. The van der Waals surface area contributed by atoms with Gasteiger partial charge in [-0.05, 0) is 77.1 Å². The maximum Gasteiger partial charge on any atom is 0.339 e. The average molecular weight is 594 g/mol. The Kier molecular flexibility index (Phi) is 8.34. The van der Waals surface area contributed by atoms with Crippen LogP contribution in [-0.2, 0) is 14.3 Å². The zero-order chi connectivity index (χ0) is 29.5. The van der Waals surface area contributed by atoms with Gasteiger partial charge >= 0.3 is 5.97 Å². The predicted octanol–water partition coefficient (Wildman–Crippen LogP) is 6.55. The van der Waals surface area contributed by atoms with Gasteiger partial charge in [-0.15, -0.1) is 11.3 Å². The third-order valence-corrected chi connectivity index (χ3v) is 8.68. The van der Waals surface area contributed by atoms with Gasteiger partial charge in [-0.2, -0.15) is 0 Å². The number of methoxy groups -OCH3 is 1. The number of likely N-dealkylation sites (N-methyl/N-ethyl adjacent to an activating group) is 1. The van der Waals surface area contributed by atoms with E-state index in [1.807, 2.05) is 64.1 Å². The van der Waals surface area contributed by atoms with Crippen LogP contribution in [0.1, 0.15) is 44.9 Å². The number of nitrogens with zero attached hydrogens (tertiary/aromatic N) is 5. The Morgan fingerprint density at radius 1 is 1.15 bits per heavy atom. The minimum atomic E-state index is -0.925. The van der Waals surface area contributed by atoms with Crippen molar-refractivity contribution < 1.29 is 14.3 Å². The molecule has 1 aliphatic rings. The van der Waals surface area contributed by atoms with Crippen molar-refractivity contribution in [3.05, 3.63) is 58.7 Å². The number of halogens is 1. The Hall–Kier alpha value is -3.11. The summed E-state index contributed by atoms with van der Waals surface area (Å²) < 4.78 is 12.5. The monoisotopic (exact) mass is 593 g/mol. The highest BCUT2D eigenvalue weighted by atomic mass is 35.5. The number of benzene rings is 2. The van der Waals surface area contributed by atoms with Crippen LogP contribution in [0.3, 0.4) is 0 Å². The maximum absolute atomic E-state index is 13.2. The normalized spacial score (nSPS) is 17.2. The van der Waals surface area contributed by atoms with Crippen LogP contribution in [0.5, 0.6) is 0 Å². The maximum atomic E-state index is 13.2. The molecule has 0 N–H and O–H groups in total. The van der Waals surface area contributed by atoms with Gasteiger partial charge in [0.2, 0.25) is 5.95 Å². The van der Waals surface area contributed by atoms with Gasteiger partial charge < -0.3 is 19.3 Å². The smallest absolute Gasteiger partial charge is 0.339 e. The summed E-state index contributed by atoms with van der Waals surface area (Å²) in [5, 5.41) is 1.41. The number of anilines is 1. The van der Waals surface area contributed by atoms with E-state index in [2.05, 4.69) is 28.8 Å². The molecule has 3 heterocycles. The van der Waals surface area contributed by atoms with E-state index >= 15 is 0 Å². The number of ether oxygens (including phenoxy) is 2. The third kappa shape index (κ3) is 6.23. The van der Waals surface area contributed by atoms with E-state index in [4.69, 9.17) is 31.0 Å². The van der Waals surface area contributed by atoms with Gasteiger partial charge in [0.1, 0.15) is 10.7 Å². The first-order chi connectivity index (χ1) is 19.4. The van der Waals surface area contributed by atoms with Crippen molar-refractivity contribution in [3.8, 4) is 21.8 Å². The second-order valence-corrected chi connectivity index (χ2v) is 12.9. The molecule has 0 aliphatic carbocycles. The molecule has 8 nitrogen and oxygen atoms in total. The molecule has 1 fully saturated rings. The summed E-state index contributed by atoms with van der Waals surface area (Å²) in [6, 6.07) is 11.9. The molecule has 5 rings (SSSR count). The first-order valence-electron chi connectivity index (χ1n) is 13.7. The van der Waals surface area contributed by atoms with Crippen LogP contribution in [0.15, 0.2) is 42.6 Å². The third-order valence-electron chi connectivity index (χ3n) is 7.31. The number of carbonyl (C=O) groups excluding carboxylic acids is 1. The molecule has 0 bridgehead atoms. The van der Waals surface area contributed by atoms with Crippen LogP contribution in [0.4, 0.5) is 5.95 Å². The summed E-state index contributed by atoms with van der Waals surface area (Å²) in [7, 11) is 3.53. The van der Waals surface area contributed by atoms with Crippen molar-refractivity contribution in [2.75, 3.05) is 38.7 Å². The Labute approximate surface area is 250 Å². The Morgan fingerprint density at radius 3 is 2.54 bits per heavy atom. The molecular formula is C31H36ClN5O3S. The van der Waals surface area contributed by atoms with Gasteiger partial charge in [-0.1, -0.05) is 23.7 Å². The quantitative estimate of drug-likeness (QED) is 0.233. The molecule has 2 unspecified atom stereocenters. The molecule has 2 aromatic carbocycles. The lowest BCUT2D eigenvalue weighted by molar-refractivity contribution is -0.164. The highest BCUT2D eigenvalue weighted by Crippen LogP contribution is 2.44. The Bertz CT molecular complexity index is 1570. The standard InChI is InChI=1S/C31H36ClN5O3S/c1-18-16-23-27(41-28(34-23)22-12-13-33-30(35-22)37-15-14-36(6)19(2)17-37)25(20-8-10-21(32)11-9-20)24(18)26(29(38)39-7)40-31(3,4)5/h8-13,16,19,26H,14-15,17H2,1-7H3. The number of piperazine rings is 1. The second-order valence-electron chi connectivity index (χ2n) is 11.5. The number of hydrogen-bond donors (Lipinski definition) is 0. The molecule has 0 radical (unpaired) electrons. The van der Waals surface area contributed by atoms with Crippen molar-refractivity contribution in [3.63, 3.8) is 0 Å². The van der Waals surface area contributed by atoms with Gasteiger partial charge in [0.25, 0.3) is 0 Å². The van der Waals surface area contributed by atoms with Crippen LogP contribution < -0.4 is 4.90 Å². The molecule has 0 saturated carbocycles. The molecule has 0 spiro atoms. The lowest BCUT2D eigenvalue weighted by Crippen LogP contribution is -2.50. The highest BCUT2D eigenvalue weighted by molar-refractivity contribution is 7.22. The summed E-state index contributed by atoms with van der Waals surface area (Å²) >= 11 is 7.80. The minimum absolute atomic E-state index is 0.417. The van der Waals surface area contributed by atoms with E-state index in [9.17, 15) is 4.79 Å². The molecule has 41 heavy (non-hydrogen) atoms. The minimum Gasteiger partial charge on any atom is -0.467 e. The lowest BCUT2D eigenvalue weighted by Gasteiger charge is -2.37. The molecule has 216 valence electrons. The summed E-state index contributed by atoms with van der Waals surface area (Å²) in [5.41, 5.74) is 4.43. The number of hydrogen-bond acceptors (Lipinski definition) is 9. The van der Waals surface area contributed by atoms with E-state index in [0.717, 1.165) is 62.8 Å². The van der Waals surface area contributed by atoms with E-state index in [1.54, 1.807) is 17.5 Å². The van der Waals surface area contributed by atoms with Gasteiger partial charge in [-0.3, -0.25) is 0 Å². The molecule has 0 amide bonds. The molecule has 4 aromatic rings. The Morgan fingerprint density at radius 2 is 1.88 bits per heavy atom. The van der Waals surface area contributed by atoms with Gasteiger partial charge in [0.05, 0.1) is 22.9 Å². The molecule has 1 aliphatic heterocycles. The zero-order valence-corrected chi connectivity index (χ0v) is 26.1. The predicted molar refractivity (Wildman–Crippen MR) is 166 cm³/mol. The SMILES string of the molecule is COC(=O)C(OC(C)(C)C)c1c(C)cc2nc(-c3ccnc(N4CCN(C)C(C)C4)n3)sc2c1-c1ccc(Cl)cc1. The molecule has 1 saturated heterocycles. The average Bonchev–Trinajstić information content (AvgIpc) is 3.36. The zero-order valence-electron chi connectivity index (χ0n) is 24.6. The van der Waals surface area contributed by atoms with Crippen molar-refractivity contribution in [1.82, 2.24) is 19.9 Å². The summed E-state index contributed by atoms with van der Waals surface area (Å²) in [5.74, 6) is 0.255. The first-order valence-corrected chi connectivity index (χ1v) is 14.9. The number of aromatic nitrogens is 3. The van der Waals surface area contributed by atoms with Crippen LogP contribution in [0.2, 0.25) is 5.02 Å². The number of carbonyl (C=O) groups is 1. The number of fused-ring (bicyclic) bond motifs is 1. The summed E-state index contributed by atoms with van der Waals surface area (Å²) in [4.78, 5) is 32.3. The van der Waals surface area contributed by atoms with Gasteiger partial charge in [0.15, 0.2) is 6.10 Å². The number of aryl methyl sites for hydroxylation is 1. The highest BCUT2D eigenvalue weighted by Gasteiger charge is 2.33. The number of esters is 1. The summed E-state index contributed by atoms with van der Waals surface area (Å²) in [6.07, 6.45) is 0.874. The van der Waals surface area contributed by atoms with Crippen molar-refractivity contribution in [1.29, 1.82) is 0 Å². The van der Waals surface area contributed by atoms with Crippen LogP contribution in [0.25, 0.3) is 32.0 Å². The lowest BCUT2D eigenvalue weighted by atomic mass is 9.91. The topological polar surface area (TPSA) is 80.7 Å². The molecule has 10 heteroatoms. The fourth-order valence-electron chi connectivity index (χ4n) is 5.10. The Balaban J connectivity index is 1.67. The fourth-order valence-corrected chi connectivity index (χ4v) is 6.32. The van der Waals surface area contributed by atoms with Gasteiger partial charge in [-0.25, -0.2) is 19.7 Å². The molecule has 2 atom stereocenters. The van der Waals surface area contributed by atoms with Crippen molar-refractivity contribution in [2.24, 2.45) is 0 Å². The molecular weight excluding hydrogens is 558 g/mol. The fraction of sp³-hybridized carbons (Fsp3) is 0.419. The van der Waals surface area contributed by atoms with Crippen LogP contribution in [-0.4, -0.2) is 71.3 Å². The van der Waals surface area contributed by atoms with E-state index in [1.165, 1.54) is 7.11 Å². The van der Waals surface area contributed by atoms with Crippen molar-refractivity contribution >= 4 is 45.1 Å². The summed E-state index contributed by atoms with van der Waals surface area (Å²) in [6.45, 7) is 12.7. The second kappa shape index (κ2) is 11.6. The van der Waals surface area contributed by atoms with Crippen molar-refractivity contribution in [2.45, 2.75) is 52.4 Å². The van der Waals surface area contributed by atoms with Crippen LogP contribution >= 0.6 is 22.9 Å².